The Bertz CT molecular complexity index is 139. The minimum Gasteiger partial charge on any atom is -0.393 e. The van der Waals surface area contributed by atoms with Gasteiger partial charge in [-0.15, -0.1) is 0 Å². The van der Waals surface area contributed by atoms with Gasteiger partial charge in [-0.05, 0) is 6.42 Å². The molecule has 0 saturated carbocycles. The lowest BCUT2D eigenvalue weighted by atomic mass is 10.00. The average Bonchev–Trinajstić information content (AvgIpc) is 1.87. The van der Waals surface area contributed by atoms with Crippen LogP contribution in [0.5, 0.6) is 0 Å². The van der Waals surface area contributed by atoms with Gasteiger partial charge in [0.05, 0.1) is 6.61 Å². The van der Waals surface area contributed by atoms with Crippen molar-refractivity contribution < 1.29 is 15.1 Å². The van der Waals surface area contributed by atoms with E-state index in [2.05, 4.69) is 0 Å². The van der Waals surface area contributed by atoms with E-state index in [1.807, 2.05) is 0 Å². The molecular weight excluding hydrogens is 150 g/mol. The zero-order chi connectivity index (χ0) is 8.91. The summed E-state index contributed by atoms with van der Waals surface area (Å²) >= 11 is 0. The summed E-state index contributed by atoms with van der Waals surface area (Å²) in [6.07, 6.45) is 0.870. The molecule has 0 aromatic rings. The van der Waals surface area contributed by atoms with Crippen molar-refractivity contribution in [3.8, 4) is 0 Å². The Labute approximate surface area is 64.8 Å². The molecule has 11 heavy (non-hydrogen) atoms. The third kappa shape index (κ3) is 3.90. The van der Waals surface area contributed by atoms with Gasteiger partial charge in [0.1, 0.15) is 0 Å². The van der Waals surface area contributed by atoms with Crippen molar-refractivity contribution in [3.63, 3.8) is 0 Å². The Morgan fingerprint density at radius 2 is 2.18 bits per heavy atom. The standard InChI is InChI=1S/C6H13NO4/c1-2-3-6(9,5-8)4-7(10)11/h8-9H,2-5H2,1H3. The molecule has 0 bridgehead atoms. The smallest absolute Gasteiger partial charge is 0.234 e. The second-order valence-electron chi connectivity index (χ2n) is 2.62. The van der Waals surface area contributed by atoms with Crippen LogP contribution in [-0.2, 0) is 0 Å². The van der Waals surface area contributed by atoms with Crippen molar-refractivity contribution in [1.82, 2.24) is 0 Å². The van der Waals surface area contributed by atoms with Gasteiger partial charge in [-0.25, -0.2) is 0 Å². The quantitative estimate of drug-likeness (QED) is 0.433. The van der Waals surface area contributed by atoms with Gasteiger partial charge in [0.15, 0.2) is 5.60 Å². The summed E-state index contributed by atoms with van der Waals surface area (Å²) in [7, 11) is 0. The van der Waals surface area contributed by atoms with Gasteiger partial charge in [0.2, 0.25) is 6.54 Å². The van der Waals surface area contributed by atoms with E-state index in [1.54, 1.807) is 6.92 Å². The molecule has 0 aromatic carbocycles. The molecule has 0 radical (unpaired) electrons. The highest BCUT2D eigenvalue weighted by Crippen LogP contribution is 2.11. The average molecular weight is 163 g/mol. The maximum atomic E-state index is 9.98. The summed E-state index contributed by atoms with van der Waals surface area (Å²) in [5.41, 5.74) is -1.53. The molecule has 0 aliphatic rings. The molecule has 0 fully saturated rings. The van der Waals surface area contributed by atoms with Gasteiger partial charge in [0, 0.05) is 4.92 Å². The number of nitro groups is 1. The first kappa shape index (κ1) is 10.3. The summed E-state index contributed by atoms with van der Waals surface area (Å²) in [4.78, 5) is 9.36. The summed E-state index contributed by atoms with van der Waals surface area (Å²) in [5, 5.41) is 27.9. The van der Waals surface area contributed by atoms with Crippen LogP contribution in [0.2, 0.25) is 0 Å². The van der Waals surface area contributed by atoms with Crippen LogP contribution in [0.3, 0.4) is 0 Å². The van der Waals surface area contributed by atoms with Crippen LogP contribution < -0.4 is 0 Å². The highest BCUT2D eigenvalue weighted by Gasteiger charge is 2.30. The maximum Gasteiger partial charge on any atom is 0.234 e. The Balaban J connectivity index is 3.98. The molecule has 0 aliphatic heterocycles. The van der Waals surface area contributed by atoms with Crippen molar-refractivity contribution >= 4 is 0 Å². The van der Waals surface area contributed by atoms with Crippen molar-refractivity contribution in [3.05, 3.63) is 10.1 Å². The summed E-state index contributed by atoms with van der Waals surface area (Å²) in [6, 6.07) is 0. The van der Waals surface area contributed by atoms with E-state index >= 15 is 0 Å². The van der Waals surface area contributed by atoms with Crippen molar-refractivity contribution in [2.45, 2.75) is 25.4 Å². The van der Waals surface area contributed by atoms with Gasteiger partial charge in [-0.2, -0.15) is 0 Å². The summed E-state index contributed by atoms with van der Waals surface area (Å²) in [5.74, 6) is 0. The molecule has 0 spiro atoms. The first-order valence-electron chi connectivity index (χ1n) is 3.49. The highest BCUT2D eigenvalue weighted by atomic mass is 16.6. The van der Waals surface area contributed by atoms with E-state index in [1.165, 1.54) is 0 Å². The fourth-order valence-corrected chi connectivity index (χ4v) is 0.914. The molecular formula is C6H13NO4. The van der Waals surface area contributed by atoms with Crippen LogP contribution in [0.25, 0.3) is 0 Å². The highest BCUT2D eigenvalue weighted by molar-refractivity contribution is 4.75. The lowest BCUT2D eigenvalue weighted by Crippen LogP contribution is -2.40. The largest absolute Gasteiger partial charge is 0.393 e. The molecule has 0 heterocycles. The summed E-state index contributed by atoms with van der Waals surface area (Å²) < 4.78 is 0. The number of nitrogens with zero attached hydrogens (tertiary/aromatic N) is 1. The number of aliphatic hydroxyl groups is 2. The number of aliphatic hydroxyl groups excluding tert-OH is 1. The Hall–Kier alpha value is -0.680. The third-order valence-corrected chi connectivity index (χ3v) is 1.43. The fraction of sp³-hybridized carbons (Fsp3) is 1.00. The molecule has 1 atom stereocenters. The predicted octanol–water partition coefficient (Wildman–Crippen LogP) is -0.213. The van der Waals surface area contributed by atoms with E-state index in [0.29, 0.717) is 6.42 Å². The molecule has 0 aliphatic carbocycles. The maximum absolute atomic E-state index is 9.98. The van der Waals surface area contributed by atoms with Crippen LogP contribution in [-0.4, -0.2) is 33.9 Å². The summed E-state index contributed by atoms with van der Waals surface area (Å²) in [6.45, 7) is 0.653. The lowest BCUT2D eigenvalue weighted by Gasteiger charge is -2.19. The molecule has 5 nitrogen and oxygen atoms in total. The minimum absolute atomic E-state index is 0.254. The van der Waals surface area contributed by atoms with E-state index < -0.39 is 23.7 Å². The Morgan fingerprint density at radius 1 is 1.64 bits per heavy atom. The van der Waals surface area contributed by atoms with Gasteiger partial charge >= 0.3 is 0 Å². The lowest BCUT2D eigenvalue weighted by molar-refractivity contribution is -0.502. The van der Waals surface area contributed by atoms with Gasteiger partial charge < -0.3 is 10.2 Å². The van der Waals surface area contributed by atoms with Crippen LogP contribution >= 0.6 is 0 Å². The number of hydrogen-bond donors (Lipinski definition) is 2. The molecule has 66 valence electrons. The molecule has 0 rings (SSSR count). The van der Waals surface area contributed by atoms with Crippen LogP contribution in [0.15, 0.2) is 0 Å². The first-order chi connectivity index (χ1) is 5.04. The first-order valence-corrected chi connectivity index (χ1v) is 3.49. The normalized spacial score (nSPS) is 15.9. The monoisotopic (exact) mass is 163 g/mol. The van der Waals surface area contributed by atoms with Gasteiger partial charge in [-0.1, -0.05) is 13.3 Å². The van der Waals surface area contributed by atoms with Crippen LogP contribution in [0.4, 0.5) is 0 Å². The molecule has 5 heteroatoms. The SMILES string of the molecule is CCCC(O)(CO)C[N+](=O)[O-]. The third-order valence-electron chi connectivity index (χ3n) is 1.43. The molecule has 0 aromatic heterocycles. The zero-order valence-corrected chi connectivity index (χ0v) is 6.49. The second-order valence-corrected chi connectivity index (χ2v) is 2.62. The Morgan fingerprint density at radius 3 is 2.45 bits per heavy atom. The van der Waals surface area contributed by atoms with Crippen molar-refractivity contribution in [2.75, 3.05) is 13.2 Å². The van der Waals surface area contributed by atoms with E-state index in [-0.39, 0.29) is 6.42 Å². The zero-order valence-electron chi connectivity index (χ0n) is 6.49. The number of rotatable bonds is 5. The van der Waals surface area contributed by atoms with Crippen molar-refractivity contribution in [2.24, 2.45) is 0 Å². The molecule has 0 amide bonds. The fourth-order valence-electron chi connectivity index (χ4n) is 0.914. The molecule has 1 unspecified atom stereocenters. The van der Waals surface area contributed by atoms with Gasteiger partial charge in [-0.3, -0.25) is 10.1 Å². The van der Waals surface area contributed by atoms with Gasteiger partial charge in [0.25, 0.3) is 0 Å². The molecule has 0 saturated heterocycles. The van der Waals surface area contributed by atoms with Crippen LogP contribution in [0, 0.1) is 10.1 Å². The molecule has 2 N–H and O–H groups in total. The van der Waals surface area contributed by atoms with E-state index in [4.69, 9.17) is 5.11 Å². The predicted molar refractivity (Wildman–Crippen MR) is 38.8 cm³/mol. The van der Waals surface area contributed by atoms with Crippen molar-refractivity contribution in [1.29, 1.82) is 0 Å². The number of hydrogen-bond acceptors (Lipinski definition) is 4. The minimum atomic E-state index is -1.53. The van der Waals surface area contributed by atoms with Crippen LogP contribution in [0.1, 0.15) is 19.8 Å². The topological polar surface area (TPSA) is 83.6 Å². The second kappa shape index (κ2) is 4.25. The van der Waals surface area contributed by atoms with E-state index in [0.717, 1.165) is 0 Å². The van der Waals surface area contributed by atoms with E-state index in [9.17, 15) is 15.2 Å². The Kier molecular flexibility index (Phi) is 3.99.